The van der Waals surface area contributed by atoms with Gasteiger partial charge in [-0.3, -0.25) is 0 Å². The van der Waals surface area contributed by atoms with Crippen molar-refractivity contribution in [3.05, 3.63) is 0 Å². The maximum absolute atomic E-state index is 12.1. The fraction of sp³-hybridized carbons (Fsp3) is 0.800. The van der Waals surface area contributed by atoms with Crippen molar-refractivity contribution in [2.75, 3.05) is 12.0 Å². The third kappa shape index (κ3) is 12.4. The number of thioether (sulfide) groups is 1. The van der Waals surface area contributed by atoms with Gasteiger partial charge in [0, 0.05) is 0 Å². The molecule has 0 aliphatic heterocycles. The minimum absolute atomic E-state index is 0.0976. The normalized spacial score (nSPS) is 13.2. The second-order valence-electron chi connectivity index (χ2n) is 6.76. The average Bonchev–Trinajstić information content (AvgIpc) is 2.29. The first-order valence-corrected chi connectivity index (χ1v) is 9.62. The van der Waals surface area contributed by atoms with Crippen molar-refractivity contribution in [3.63, 3.8) is 0 Å². The van der Waals surface area contributed by atoms with E-state index < -0.39 is 29.7 Å². The van der Waals surface area contributed by atoms with Gasteiger partial charge in [-0.1, -0.05) is 0 Å². The van der Waals surface area contributed by atoms with Gasteiger partial charge in [-0.2, -0.15) is 0 Å². The molecule has 0 radical (unpaired) electrons. The summed E-state index contributed by atoms with van der Waals surface area (Å²) in [5.74, 6) is -0.729. The van der Waals surface area contributed by atoms with E-state index in [0.29, 0.717) is 12.2 Å². The average molecular weight is 412 g/mol. The maximum atomic E-state index is 12.1. The van der Waals surface area contributed by atoms with Gasteiger partial charge in [0.1, 0.15) is 0 Å². The molecule has 1 unspecified atom stereocenters. The predicted octanol–water partition coefficient (Wildman–Crippen LogP) is 2.19. The summed E-state index contributed by atoms with van der Waals surface area (Å²) >= 11 is 3.89. The summed E-state index contributed by atoms with van der Waals surface area (Å²) in [7, 11) is 0. The van der Waals surface area contributed by atoms with Gasteiger partial charge in [0.2, 0.25) is 0 Å². The summed E-state index contributed by atoms with van der Waals surface area (Å²) in [4.78, 5) is 35.7. The van der Waals surface area contributed by atoms with Crippen LogP contribution >= 0.6 is 11.8 Å². The Labute approximate surface area is 150 Å². The van der Waals surface area contributed by atoms with Gasteiger partial charge < -0.3 is 0 Å². The van der Waals surface area contributed by atoms with Crippen molar-refractivity contribution in [1.82, 2.24) is 5.32 Å². The topological polar surface area (TPSA) is 81.7 Å². The molecule has 0 saturated carbocycles. The van der Waals surface area contributed by atoms with Crippen LogP contribution in [-0.2, 0) is 19.1 Å². The zero-order valence-electron chi connectivity index (χ0n) is 14.6. The van der Waals surface area contributed by atoms with Crippen LogP contribution in [0, 0.1) is 0 Å². The molecule has 1 atom stereocenters. The summed E-state index contributed by atoms with van der Waals surface area (Å²) in [6, 6.07) is -0.907. The molecule has 0 bridgehead atoms. The Hall–Kier alpha value is -0.721. The SMILES string of the molecule is CSCCC(NC(=O)OC(C)(C)C)C(=O)OC(=O)CC(C)(C)[SeH]. The molecule has 0 heterocycles. The van der Waals surface area contributed by atoms with E-state index in [2.05, 4.69) is 21.3 Å². The number of ether oxygens (including phenoxy) is 2. The van der Waals surface area contributed by atoms with Gasteiger partial charge >= 0.3 is 150 Å². The Morgan fingerprint density at radius 1 is 1.17 bits per heavy atom. The quantitative estimate of drug-likeness (QED) is 0.392. The first-order chi connectivity index (χ1) is 10.3. The zero-order valence-corrected chi connectivity index (χ0v) is 17.3. The van der Waals surface area contributed by atoms with Crippen LogP contribution in [0.4, 0.5) is 4.79 Å². The molecule has 8 heteroatoms. The summed E-state index contributed by atoms with van der Waals surface area (Å²) in [6.07, 6.45) is 1.64. The van der Waals surface area contributed by atoms with E-state index >= 15 is 0 Å². The molecule has 6 nitrogen and oxygen atoms in total. The zero-order chi connectivity index (χ0) is 18.3. The molecular weight excluding hydrogens is 385 g/mol. The van der Waals surface area contributed by atoms with Gasteiger partial charge in [0.25, 0.3) is 0 Å². The van der Waals surface area contributed by atoms with Crippen LogP contribution in [0.25, 0.3) is 0 Å². The van der Waals surface area contributed by atoms with Crippen molar-refractivity contribution >= 4 is 45.8 Å². The number of amides is 1. The van der Waals surface area contributed by atoms with Crippen molar-refractivity contribution in [1.29, 1.82) is 0 Å². The third-order valence-corrected chi connectivity index (χ3v) is 3.35. The van der Waals surface area contributed by atoms with Crippen molar-refractivity contribution in [3.8, 4) is 0 Å². The first kappa shape index (κ1) is 22.3. The van der Waals surface area contributed by atoms with E-state index in [1.165, 1.54) is 11.8 Å². The molecule has 0 rings (SSSR count). The summed E-state index contributed by atoms with van der Waals surface area (Å²) in [5.41, 5.74) is -0.669. The van der Waals surface area contributed by atoms with Gasteiger partial charge in [-0.15, -0.1) is 0 Å². The predicted molar refractivity (Wildman–Crippen MR) is 93.1 cm³/mol. The van der Waals surface area contributed by atoms with E-state index in [9.17, 15) is 14.4 Å². The van der Waals surface area contributed by atoms with Crippen molar-refractivity contribution in [2.45, 2.75) is 63.4 Å². The molecular formula is C15H27NO5SSe. The fourth-order valence-corrected chi connectivity index (χ4v) is 2.25. The van der Waals surface area contributed by atoms with Crippen LogP contribution in [0.15, 0.2) is 0 Å². The third-order valence-electron chi connectivity index (χ3n) is 2.38. The minimum atomic E-state index is -0.907. The standard InChI is InChI=1S/C15H27NO5SSe/c1-14(2,3)21-13(19)16-10(7-8-22-6)12(18)20-11(17)9-15(4,5)23/h10,23H,7-9H2,1-6H3,(H,16,19). The molecule has 1 N–H and O–H groups in total. The first-order valence-electron chi connectivity index (χ1n) is 7.29. The molecule has 0 aromatic carbocycles. The molecule has 1 amide bonds. The number of rotatable bonds is 7. The van der Waals surface area contributed by atoms with E-state index in [0.717, 1.165) is 0 Å². The van der Waals surface area contributed by atoms with Crippen LogP contribution in [0.5, 0.6) is 0 Å². The molecule has 0 aromatic rings. The molecule has 23 heavy (non-hydrogen) atoms. The monoisotopic (exact) mass is 413 g/mol. The molecule has 0 aliphatic carbocycles. The second kappa shape index (κ2) is 9.55. The number of hydrogen-bond donors (Lipinski definition) is 1. The van der Waals surface area contributed by atoms with Gasteiger partial charge in [-0.05, 0) is 0 Å². The molecule has 0 aromatic heterocycles. The number of nitrogens with one attached hydrogen (secondary N) is 1. The molecule has 134 valence electrons. The van der Waals surface area contributed by atoms with E-state index in [-0.39, 0.29) is 10.7 Å². The second-order valence-corrected chi connectivity index (χ2v) is 10.3. The fourth-order valence-electron chi connectivity index (χ4n) is 1.51. The molecule has 0 spiro atoms. The number of carbonyl (C=O) groups is 3. The van der Waals surface area contributed by atoms with Crippen LogP contribution in [0.3, 0.4) is 0 Å². The Balaban J connectivity index is 4.72. The van der Waals surface area contributed by atoms with Crippen LogP contribution < -0.4 is 5.32 Å². The van der Waals surface area contributed by atoms with Crippen LogP contribution in [0.1, 0.15) is 47.5 Å². The summed E-state index contributed by atoms with van der Waals surface area (Å²) in [5, 5.41) is 2.47. The Morgan fingerprint density at radius 3 is 2.17 bits per heavy atom. The van der Waals surface area contributed by atoms with E-state index in [1.807, 2.05) is 20.1 Å². The van der Waals surface area contributed by atoms with E-state index in [1.54, 1.807) is 20.8 Å². The Bertz CT molecular complexity index is 429. The number of carbonyl (C=O) groups excluding carboxylic acids is 3. The molecule has 0 aliphatic rings. The number of esters is 2. The van der Waals surface area contributed by atoms with Crippen molar-refractivity contribution < 1.29 is 23.9 Å². The van der Waals surface area contributed by atoms with Gasteiger partial charge in [0.05, 0.1) is 0 Å². The summed E-state index contributed by atoms with van der Waals surface area (Å²) < 4.78 is 9.65. The Morgan fingerprint density at radius 2 is 1.74 bits per heavy atom. The van der Waals surface area contributed by atoms with E-state index in [4.69, 9.17) is 9.47 Å². The van der Waals surface area contributed by atoms with Gasteiger partial charge in [0.15, 0.2) is 0 Å². The number of hydrogen-bond acceptors (Lipinski definition) is 6. The molecule has 0 saturated heterocycles. The van der Waals surface area contributed by atoms with Crippen molar-refractivity contribution in [2.24, 2.45) is 0 Å². The molecule has 0 fully saturated rings. The number of alkyl carbamates (subject to hydrolysis) is 1. The Kier molecular flexibility index (Phi) is 9.25. The van der Waals surface area contributed by atoms with Crippen LogP contribution in [0.2, 0.25) is 4.31 Å². The summed E-state index contributed by atoms with van der Waals surface area (Å²) in [6.45, 7) is 8.89. The van der Waals surface area contributed by atoms with Crippen LogP contribution in [-0.4, -0.2) is 57.7 Å². The van der Waals surface area contributed by atoms with Gasteiger partial charge in [-0.25, -0.2) is 0 Å².